The smallest absolute Gasteiger partial charge is 0.227 e. The van der Waals surface area contributed by atoms with Gasteiger partial charge in [-0.05, 0) is 62.6 Å². The van der Waals surface area contributed by atoms with Gasteiger partial charge in [0.1, 0.15) is 5.75 Å². The molecule has 186 valence electrons. The van der Waals surface area contributed by atoms with E-state index >= 15 is 0 Å². The molecule has 0 bridgehead atoms. The molecule has 7 heteroatoms. The molecule has 1 fully saturated rings. The second kappa shape index (κ2) is 10.5. The molecule has 5 rings (SSSR count). The number of piperazine rings is 1. The molecule has 0 unspecified atom stereocenters. The maximum atomic E-state index is 5.32. The van der Waals surface area contributed by atoms with Crippen LogP contribution in [0.25, 0.3) is 22.0 Å². The zero-order chi connectivity index (χ0) is 25.1. The molecule has 2 heterocycles. The summed E-state index contributed by atoms with van der Waals surface area (Å²) in [6.07, 6.45) is 1.89. The van der Waals surface area contributed by atoms with Gasteiger partial charge in [-0.1, -0.05) is 30.3 Å². The standard InChI is InChI=1S/C29H34N6O/c1-33(2)20-23-18-24(10-13-27(23)35-16-14-34(3)15-17-35)31-29-30-19-22-6-5-7-26(28(22)32-29)21-8-11-25(36-4)12-9-21/h5-13,18-19H,14-17,20H2,1-4H3,(H,30,31,32). The van der Waals surface area contributed by atoms with Gasteiger partial charge in [-0.15, -0.1) is 0 Å². The first-order valence-electron chi connectivity index (χ1n) is 12.4. The molecule has 36 heavy (non-hydrogen) atoms. The molecule has 0 amide bonds. The number of methoxy groups -OCH3 is 1. The van der Waals surface area contributed by atoms with Crippen LogP contribution in [0.4, 0.5) is 17.3 Å². The molecule has 4 aromatic rings. The molecule has 7 nitrogen and oxygen atoms in total. The Morgan fingerprint density at radius 3 is 2.47 bits per heavy atom. The number of nitrogens with one attached hydrogen (secondary N) is 1. The maximum absolute atomic E-state index is 5.32. The fraction of sp³-hybridized carbons (Fsp3) is 0.310. The Morgan fingerprint density at radius 1 is 0.972 bits per heavy atom. The van der Waals surface area contributed by atoms with Gasteiger partial charge in [0.2, 0.25) is 5.95 Å². The topological polar surface area (TPSA) is 56.8 Å². The number of fused-ring (bicyclic) bond motifs is 1. The predicted molar refractivity (Wildman–Crippen MR) is 148 cm³/mol. The summed E-state index contributed by atoms with van der Waals surface area (Å²) in [6, 6.07) is 20.9. The van der Waals surface area contributed by atoms with Crippen LogP contribution in [0.2, 0.25) is 0 Å². The lowest BCUT2D eigenvalue weighted by molar-refractivity contribution is 0.312. The van der Waals surface area contributed by atoms with Gasteiger partial charge >= 0.3 is 0 Å². The second-order valence-electron chi connectivity index (χ2n) is 9.66. The Balaban J connectivity index is 1.45. The van der Waals surface area contributed by atoms with E-state index in [1.807, 2.05) is 30.5 Å². The molecule has 0 spiro atoms. The van der Waals surface area contributed by atoms with Gasteiger partial charge in [0.05, 0.1) is 12.6 Å². The summed E-state index contributed by atoms with van der Waals surface area (Å²) in [5, 5.41) is 4.46. The van der Waals surface area contributed by atoms with Gasteiger partial charge in [-0.3, -0.25) is 0 Å². The number of benzene rings is 3. The third-order valence-corrected chi connectivity index (χ3v) is 6.68. The molecule has 1 aromatic heterocycles. The first-order chi connectivity index (χ1) is 17.5. The van der Waals surface area contributed by atoms with Crippen molar-refractivity contribution in [3.63, 3.8) is 0 Å². The van der Waals surface area contributed by atoms with Crippen LogP contribution in [0.3, 0.4) is 0 Å². The van der Waals surface area contributed by atoms with Crippen LogP contribution in [0.15, 0.2) is 66.9 Å². The van der Waals surface area contributed by atoms with Crippen molar-refractivity contribution in [2.45, 2.75) is 6.54 Å². The molecular formula is C29H34N6O. The van der Waals surface area contributed by atoms with Crippen molar-refractivity contribution in [2.75, 3.05) is 64.6 Å². The van der Waals surface area contributed by atoms with Crippen LogP contribution >= 0.6 is 0 Å². The predicted octanol–water partition coefficient (Wildman–Crippen LogP) is 4.86. The molecule has 1 saturated heterocycles. The highest BCUT2D eigenvalue weighted by Crippen LogP contribution is 2.31. The average molecular weight is 483 g/mol. The molecule has 1 aliphatic heterocycles. The Kier molecular flexibility index (Phi) is 7.02. The first-order valence-corrected chi connectivity index (χ1v) is 12.4. The summed E-state index contributed by atoms with van der Waals surface area (Å²) in [5.74, 6) is 1.43. The van der Waals surface area contributed by atoms with E-state index in [1.54, 1.807) is 7.11 Å². The van der Waals surface area contributed by atoms with Crippen molar-refractivity contribution in [3.8, 4) is 16.9 Å². The van der Waals surface area contributed by atoms with Crippen molar-refractivity contribution in [2.24, 2.45) is 0 Å². The Bertz CT molecular complexity index is 1330. The number of hydrogen-bond acceptors (Lipinski definition) is 7. The van der Waals surface area contributed by atoms with Gasteiger partial charge in [-0.25, -0.2) is 9.97 Å². The van der Waals surface area contributed by atoms with Crippen molar-refractivity contribution in [3.05, 3.63) is 72.4 Å². The van der Waals surface area contributed by atoms with Crippen molar-refractivity contribution in [1.82, 2.24) is 19.8 Å². The Labute approximate surface area is 213 Å². The van der Waals surface area contributed by atoms with E-state index in [0.717, 1.165) is 66.2 Å². The second-order valence-corrected chi connectivity index (χ2v) is 9.66. The van der Waals surface area contributed by atoms with Gasteiger partial charge < -0.3 is 24.8 Å². The van der Waals surface area contributed by atoms with E-state index in [-0.39, 0.29) is 0 Å². The van der Waals surface area contributed by atoms with E-state index in [0.29, 0.717) is 5.95 Å². The fourth-order valence-corrected chi connectivity index (χ4v) is 4.74. The largest absolute Gasteiger partial charge is 0.497 e. The highest BCUT2D eigenvalue weighted by molar-refractivity contribution is 5.94. The van der Waals surface area contributed by atoms with E-state index in [4.69, 9.17) is 9.72 Å². The lowest BCUT2D eigenvalue weighted by Gasteiger charge is -2.35. The summed E-state index contributed by atoms with van der Waals surface area (Å²) in [7, 11) is 8.09. The van der Waals surface area contributed by atoms with Gasteiger partial charge in [0.15, 0.2) is 0 Å². The monoisotopic (exact) mass is 482 g/mol. The number of aromatic nitrogens is 2. The number of nitrogens with zero attached hydrogens (tertiary/aromatic N) is 5. The maximum Gasteiger partial charge on any atom is 0.227 e. The zero-order valence-corrected chi connectivity index (χ0v) is 21.5. The highest BCUT2D eigenvalue weighted by atomic mass is 16.5. The summed E-state index contributed by atoms with van der Waals surface area (Å²) in [6.45, 7) is 5.14. The molecule has 1 N–H and O–H groups in total. The van der Waals surface area contributed by atoms with Crippen LogP contribution < -0.4 is 15.0 Å². The third-order valence-electron chi connectivity index (χ3n) is 6.68. The number of ether oxygens (including phenoxy) is 1. The van der Waals surface area contributed by atoms with E-state index in [2.05, 4.69) is 82.5 Å². The number of para-hydroxylation sites is 1. The minimum Gasteiger partial charge on any atom is -0.497 e. The minimum atomic E-state index is 0.589. The Hall–Kier alpha value is -3.68. The Morgan fingerprint density at radius 2 is 1.75 bits per heavy atom. The zero-order valence-electron chi connectivity index (χ0n) is 21.5. The number of likely N-dealkylation sites (N-methyl/N-ethyl adjacent to an activating group) is 1. The van der Waals surface area contributed by atoms with Gasteiger partial charge in [0, 0.05) is 61.2 Å². The van der Waals surface area contributed by atoms with E-state index in [9.17, 15) is 0 Å². The summed E-state index contributed by atoms with van der Waals surface area (Å²) >= 11 is 0. The average Bonchev–Trinajstić information content (AvgIpc) is 2.89. The van der Waals surface area contributed by atoms with Crippen LogP contribution in [0.1, 0.15) is 5.56 Å². The normalized spacial score (nSPS) is 14.4. The van der Waals surface area contributed by atoms with Crippen molar-refractivity contribution >= 4 is 28.2 Å². The number of rotatable bonds is 7. The molecule has 0 aliphatic carbocycles. The number of anilines is 3. The lowest BCUT2D eigenvalue weighted by Crippen LogP contribution is -2.44. The highest BCUT2D eigenvalue weighted by Gasteiger charge is 2.18. The van der Waals surface area contributed by atoms with E-state index in [1.165, 1.54) is 11.3 Å². The fourth-order valence-electron chi connectivity index (χ4n) is 4.74. The third kappa shape index (κ3) is 5.27. The lowest BCUT2D eigenvalue weighted by atomic mass is 10.0. The molecule has 3 aromatic carbocycles. The molecular weight excluding hydrogens is 448 g/mol. The molecule has 0 saturated carbocycles. The minimum absolute atomic E-state index is 0.589. The van der Waals surface area contributed by atoms with Crippen LogP contribution in [0.5, 0.6) is 5.75 Å². The first kappa shape index (κ1) is 24.0. The van der Waals surface area contributed by atoms with Crippen LogP contribution in [-0.4, -0.2) is 74.2 Å². The van der Waals surface area contributed by atoms with Crippen molar-refractivity contribution in [1.29, 1.82) is 0 Å². The summed E-state index contributed by atoms with van der Waals surface area (Å²) in [5.41, 5.74) is 6.68. The summed E-state index contributed by atoms with van der Waals surface area (Å²) in [4.78, 5) is 16.6. The van der Waals surface area contributed by atoms with Crippen molar-refractivity contribution < 1.29 is 4.74 Å². The SMILES string of the molecule is COc1ccc(-c2cccc3cnc(Nc4ccc(N5CCN(C)CC5)c(CN(C)C)c4)nc23)cc1. The quantitative estimate of drug-likeness (QED) is 0.404. The molecule has 0 radical (unpaired) electrons. The molecule has 1 aliphatic rings. The summed E-state index contributed by atoms with van der Waals surface area (Å²) < 4.78 is 5.32. The molecule has 0 atom stereocenters. The van der Waals surface area contributed by atoms with E-state index < -0.39 is 0 Å². The van der Waals surface area contributed by atoms with Gasteiger partial charge in [-0.2, -0.15) is 0 Å². The van der Waals surface area contributed by atoms with Crippen LogP contribution in [-0.2, 0) is 6.54 Å². The number of hydrogen-bond donors (Lipinski definition) is 1. The van der Waals surface area contributed by atoms with Crippen LogP contribution in [0, 0.1) is 0 Å². The van der Waals surface area contributed by atoms with Gasteiger partial charge in [0.25, 0.3) is 0 Å².